The second-order valence-corrected chi connectivity index (χ2v) is 4.66. The third-order valence-electron chi connectivity index (χ3n) is 1.54. The smallest absolute Gasteiger partial charge is 0.768 e. The summed E-state index contributed by atoms with van der Waals surface area (Å²) in [5, 5.41) is -3.71. The van der Waals surface area contributed by atoms with Gasteiger partial charge in [0.05, 0.1) is 0 Å². The zero-order valence-corrected chi connectivity index (χ0v) is 12.3. The molecule has 78 valence electrons. The quantitative estimate of drug-likeness (QED) is 0.556. The van der Waals surface area contributed by atoms with E-state index < -0.39 is 22.8 Å². The Labute approximate surface area is 119 Å². The van der Waals surface area contributed by atoms with Gasteiger partial charge in [0.2, 0.25) is 0 Å². The van der Waals surface area contributed by atoms with Gasteiger partial charge in [0.15, 0.2) is 0 Å². The summed E-state index contributed by atoms with van der Waals surface area (Å²) >= 11 is -0.274. The topological polar surface area (TPSA) is 40.1 Å². The predicted octanol–water partition coefficient (Wildman–Crippen LogP) is -0.532. The summed E-state index contributed by atoms with van der Waals surface area (Å²) in [7, 11) is 0. The molecule has 1 rings (SSSR count). The van der Waals surface area contributed by atoms with Crippen LogP contribution in [0.15, 0.2) is 28.7 Å². The molecule has 1 atom stereocenters. The first-order chi connectivity index (χ1) is 6.42. The van der Waals surface area contributed by atoms with Crippen molar-refractivity contribution < 1.29 is 47.1 Å². The second-order valence-electron chi connectivity index (χ2n) is 2.68. The fourth-order valence-electron chi connectivity index (χ4n) is 0.943. The molecule has 0 saturated heterocycles. The van der Waals surface area contributed by atoms with Crippen molar-refractivity contribution in [2.75, 3.05) is 0 Å². The molecule has 0 heterocycles. The normalized spacial score (nSPS) is 13.1. The fraction of sp³-hybridized carbons (Fsp3) is 0.250. The molecule has 1 aromatic rings. The molecule has 0 N–H and O–H groups in total. The molecule has 0 fully saturated rings. The molecule has 0 amide bonds. The zero-order valence-electron chi connectivity index (χ0n) is 7.88. The average Bonchev–Trinajstić information content (AvgIpc) is 2.02. The fourth-order valence-corrected chi connectivity index (χ4v) is 1.67. The standard InChI is InChI=1S/C8H7BrF2O2S.Na/c9-7-3-1-2-6(4-7)5-8(10,11)14(12)13;/h1-4H,5H2,(H,12,13);/q;+1/p-1. The van der Waals surface area contributed by atoms with E-state index in [1.165, 1.54) is 12.1 Å². The summed E-state index contributed by atoms with van der Waals surface area (Å²) < 4.78 is 46.4. The van der Waals surface area contributed by atoms with E-state index in [0.29, 0.717) is 4.47 Å². The summed E-state index contributed by atoms with van der Waals surface area (Å²) in [6.07, 6.45) is -0.803. The molecule has 0 aliphatic carbocycles. The van der Waals surface area contributed by atoms with Crippen LogP contribution >= 0.6 is 15.9 Å². The van der Waals surface area contributed by atoms with E-state index in [-0.39, 0.29) is 35.1 Å². The van der Waals surface area contributed by atoms with E-state index in [4.69, 9.17) is 0 Å². The Morgan fingerprint density at radius 2 is 2.07 bits per heavy atom. The summed E-state index contributed by atoms with van der Waals surface area (Å²) in [4.78, 5) is 0. The Bertz CT molecular complexity index is 362. The molecule has 0 saturated carbocycles. The van der Waals surface area contributed by atoms with Crippen LogP contribution in [0.1, 0.15) is 5.56 Å². The molecule has 0 bridgehead atoms. The first-order valence-corrected chi connectivity index (χ1v) is 5.50. The predicted molar refractivity (Wildman–Crippen MR) is 51.7 cm³/mol. The van der Waals surface area contributed by atoms with E-state index >= 15 is 0 Å². The largest absolute Gasteiger partial charge is 1.00 e. The zero-order chi connectivity index (χ0) is 10.8. The van der Waals surface area contributed by atoms with Gasteiger partial charge < -0.3 is 4.55 Å². The van der Waals surface area contributed by atoms with Crippen LogP contribution in [-0.4, -0.2) is 14.0 Å². The van der Waals surface area contributed by atoms with E-state index in [1.807, 2.05) is 0 Å². The summed E-state index contributed by atoms with van der Waals surface area (Å²) in [6.45, 7) is 0. The Hall–Kier alpha value is 0.670. The third kappa shape index (κ3) is 5.01. The van der Waals surface area contributed by atoms with Crippen LogP contribution in [0, 0.1) is 0 Å². The molecular formula is C8H6BrF2NaO2S. The number of halogens is 3. The Kier molecular flexibility index (Phi) is 6.70. The van der Waals surface area contributed by atoms with Gasteiger partial charge >= 0.3 is 34.8 Å². The van der Waals surface area contributed by atoms with Gasteiger partial charge in [-0.05, 0) is 17.7 Å². The molecular weight excluding hydrogens is 301 g/mol. The molecule has 0 spiro atoms. The van der Waals surface area contributed by atoms with Crippen LogP contribution in [-0.2, 0) is 17.5 Å². The van der Waals surface area contributed by atoms with Crippen molar-refractivity contribution in [1.29, 1.82) is 0 Å². The monoisotopic (exact) mass is 306 g/mol. The third-order valence-corrected chi connectivity index (χ3v) is 2.67. The van der Waals surface area contributed by atoms with Gasteiger partial charge in [0.25, 0.3) is 0 Å². The molecule has 1 aromatic carbocycles. The number of rotatable bonds is 3. The first-order valence-electron chi connectivity index (χ1n) is 3.63. The molecule has 0 radical (unpaired) electrons. The van der Waals surface area contributed by atoms with Gasteiger partial charge in [-0.2, -0.15) is 8.78 Å². The molecule has 0 aromatic heterocycles. The number of hydrogen-bond donors (Lipinski definition) is 0. The van der Waals surface area contributed by atoms with Crippen LogP contribution in [0.25, 0.3) is 0 Å². The number of hydrogen-bond acceptors (Lipinski definition) is 2. The van der Waals surface area contributed by atoms with Crippen LogP contribution in [0.3, 0.4) is 0 Å². The van der Waals surface area contributed by atoms with Crippen molar-refractivity contribution >= 4 is 27.0 Å². The van der Waals surface area contributed by atoms with Crippen molar-refractivity contribution in [3.8, 4) is 0 Å². The minimum Gasteiger partial charge on any atom is -0.768 e. The van der Waals surface area contributed by atoms with Crippen molar-refractivity contribution in [3.05, 3.63) is 34.3 Å². The minimum atomic E-state index is -3.71. The summed E-state index contributed by atoms with van der Waals surface area (Å²) in [6, 6.07) is 6.16. The maximum absolute atomic E-state index is 12.7. The summed E-state index contributed by atoms with van der Waals surface area (Å²) in [5.74, 6) is 0. The Morgan fingerprint density at radius 3 is 2.53 bits per heavy atom. The van der Waals surface area contributed by atoms with Crippen LogP contribution in [0.5, 0.6) is 0 Å². The van der Waals surface area contributed by atoms with Gasteiger partial charge in [-0.1, -0.05) is 28.1 Å². The maximum Gasteiger partial charge on any atom is 1.00 e. The average molecular weight is 307 g/mol. The van der Waals surface area contributed by atoms with Gasteiger partial charge in [-0.3, -0.25) is 4.21 Å². The second kappa shape index (κ2) is 6.42. The van der Waals surface area contributed by atoms with E-state index in [9.17, 15) is 17.5 Å². The Balaban J connectivity index is 0.00000196. The molecule has 15 heavy (non-hydrogen) atoms. The molecule has 7 heteroatoms. The van der Waals surface area contributed by atoms with Crippen LogP contribution in [0.4, 0.5) is 8.78 Å². The molecule has 2 nitrogen and oxygen atoms in total. The van der Waals surface area contributed by atoms with Crippen molar-refractivity contribution in [1.82, 2.24) is 0 Å². The van der Waals surface area contributed by atoms with Crippen LogP contribution < -0.4 is 29.6 Å². The molecule has 0 aliphatic rings. The first kappa shape index (κ1) is 15.7. The summed E-state index contributed by atoms with van der Waals surface area (Å²) in [5.41, 5.74) is 0.272. The maximum atomic E-state index is 12.7. The number of benzene rings is 1. The Morgan fingerprint density at radius 1 is 1.47 bits per heavy atom. The van der Waals surface area contributed by atoms with E-state index in [2.05, 4.69) is 15.9 Å². The van der Waals surface area contributed by atoms with Gasteiger partial charge in [-0.25, -0.2) is 0 Å². The minimum absolute atomic E-state index is 0. The SMILES string of the molecule is O=S([O-])C(F)(F)Cc1cccc(Br)c1.[Na+]. The van der Waals surface area contributed by atoms with Crippen molar-refractivity contribution in [3.63, 3.8) is 0 Å². The number of alkyl halides is 2. The van der Waals surface area contributed by atoms with E-state index in [1.54, 1.807) is 12.1 Å². The van der Waals surface area contributed by atoms with Crippen molar-refractivity contribution in [2.24, 2.45) is 0 Å². The van der Waals surface area contributed by atoms with E-state index in [0.717, 1.165) is 0 Å². The van der Waals surface area contributed by atoms with Gasteiger partial charge in [0, 0.05) is 22.0 Å². The van der Waals surface area contributed by atoms with Crippen LogP contribution in [0.2, 0.25) is 0 Å². The molecule has 1 unspecified atom stereocenters. The van der Waals surface area contributed by atoms with Gasteiger partial charge in [0.1, 0.15) is 0 Å². The van der Waals surface area contributed by atoms with Gasteiger partial charge in [-0.15, -0.1) is 0 Å². The molecule has 0 aliphatic heterocycles. The van der Waals surface area contributed by atoms with Crippen molar-refractivity contribution in [2.45, 2.75) is 11.7 Å².